The maximum atomic E-state index is 12.3. The van der Waals surface area contributed by atoms with E-state index < -0.39 is 0 Å². The third-order valence-corrected chi connectivity index (χ3v) is 4.43. The van der Waals surface area contributed by atoms with Gasteiger partial charge in [-0.2, -0.15) is 0 Å². The fourth-order valence-corrected chi connectivity index (χ4v) is 3.11. The molecule has 0 radical (unpaired) electrons. The summed E-state index contributed by atoms with van der Waals surface area (Å²) in [6.45, 7) is 4.93. The van der Waals surface area contributed by atoms with E-state index in [-0.39, 0.29) is 17.7 Å². The van der Waals surface area contributed by atoms with E-state index in [0.29, 0.717) is 13.1 Å². The van der Waals surface area contributed by atoms with Crippen molar-refractivity contribution >= 4 is 40.1 Å². The number of benzene rings is 1. The number of halogens is 1. The van der Waals surface area contributed by atoms with Crippen molar-refractivity contribution in [2.45, 2.75) is 26.7 Å². The summed E-state index contributed by atoms with van der Waals surface area (Å²) in [5, 5.41) is 3.01. The van der Waals surface area contributed by atoms with Crippen LogP contribution in [0.15, 0.2) is 18.2 Å². The topological polar surface area (TPSA) is 49.4 Å². The number of nitrogens with zero attached hydrogens (tertiary/aromatic N) is 1. The minimum atomic E-state index is 0.00396. The van der Waals surface area contributed by atoms with Crippen LogP contribution in [0.1, 0.15) is 25.3 Å². The zero-order valence-electron chi connectivity index (χ0n) is 11.8. The molecule has 2 rings (SSSR count). The number of nitrogens with one attached hydrogen (secondary N) is 1. The fraction of sp³-hybridized carbons (Fsp3) is 0.467. The summed E-state index contributed by atoms with van der Waals surface area (Å²) in [5.41, 5.74) is 1.95. The van der Waals surface area contributed by atoms with E-state index in [2.05, 4.69) is 34.0 Å². The van der Waals surface area contributed by atoms with Crippen molar-refractivity contribution in [3.05, 3.63) is 27.3 Å². The van der Waals surface area contributed by atoms with Gasteiger partial charge < -0.3 is 10.2 Å². The largest absolute Gasteiger partial charge is 0.343 e. The molecule has 0 saturated carbocycles. The molecule has 1 N–H and O–H groups in total. The van der Waals surface area contributed by atoms with Crippen LogP contribution < -0.4 is 5.32 Å². The molecule has 1 saturated heterocycles. The molecule has 1 aliphatic heterocycles. The lowest BCUT2D eigenvalue weighted by Gasteiger charge is -2.30. The zero-order chi connectivity index (χ0) is 14.7. The molecule has 0 aromatic heterocycles. The van der Waals surface area contributed by atoms with Gasteiger partial charge in [0.25, 0.3) is 0 Å². The second kappa shape index (κ2) is 6.56. The summed E-state index contributed by atoms with van der Waals surface area (Å²) in [5.74, 6) is 0.166. The minimum Gasteiger partial charge on any atom is -0.343 e. The number of anilines is 1. The molecule has 1 aromatic carbocycles. The zero-order valence-corrected chi connectivity index (χ0v) is 13.9. The van der Waals surface area contributed by atoms with E-state index >= 15 is 0 Å². The molecule has 1 aromatic rings. The molecule has 20 heavy (non-hydrogen) atoms. The Morgan fingerprint density at radius 3 is 2.50 bits per heavy atom. The van der Waals surface area contributed by atoms with Gasteiger partial charge in [0.05, 0.1) is 0 Å². The highest BCUT2D eigenvalue weighted by Crippen LogP contribution is 2.22. The average Bonchev–Trinajstić information content (AvgIpc) is 2.42. The van der Waals surface area contributed by atoms with Gasteiger partial charge in [0.15, 0.2) is 0 Å². The number of hydrogen-bond donors (Lipinski definition) is 1. The molecular formula is C15H19IN2O2. The van der Waals surface area contributed by atoms with Gasteiger partial charge >= 0.3 is 0 Å². The number of rotatable bonds is 2. The molecule has 5 heteroatoms. The highest BCUT2D eigenvalue weighted by molar-refractivity contribution is 14.1. The number of amides is 2. The molecular weight excluding hydrogens is 367 g/mol. The van der Waals surface area contributed by atoms with Crippen LogP contribution >= 0.6 is 22.6 Å². The Kier molecular flexibility index (Phi) is 5.01. The van der Waals surface area contributed by atoms with E-state index in [1.54, 1.807) is 11.8 Å². The minimum absolute atomic E-state index is 0.00396. The third-order valence-electron chi connectivity index (χ3n) is 3.76. The highest BCUT2D eigenvalue weighted by Gasteiger charge is 2.26. The van der Waals surface area contributed by atoms with E-state index in [1.807, 2.05) is 19.1 Å². The van der Waals surface area contributed by atoms with Crippen LogP contribution in [0.2, 0.25) is 0 Å². The van der Waals surface area contributed by atoms with Crippen LogP contribution in [0.3, 0.4) is 0 Å². The monoisotopic (exact) mass is 386 g/mol. The Balaban J connectivity index is 1.94. The van der Waals surface area contributed by atoms with Crippen LogP contribution in [-0.2, 0) is 9.59 Å². The van der Waals surface area contributed by atoms with Gasteiger partial charge in [-0.05, 0) is 66.1 Å². The quantitative estimate of drug-likeness (QED) is 0.795. The molecule has 0 aliphatic carbocycles. The third kappa shape index (κ3) is 3.71. The molecule has 0 unspecified atom stereocenters. The number of carbonyl (C=O) groups is 2. The van der Waals surface area contributed by atoms with Crippen LogP contribution in [0.25, 0.3) is 0 Å². The van der Waals surface area contributed by atoms with Gasteiger partial charge in [-0.1, -0.05) is 0 Å². The molecule has 4 nitrogen and oxygen atoms in total. The predicted molar refractivity (Wildman–Crippen MR) is 87.5 cm³/mol. The number of carbonyl (C=O) groups excluding carboxylic acids is 2. The Morgan fingerprint density at radius 1 is 1.30 bits per heavy atom. The SMILES string of the molecule is CC(=O)N1CCC(C(=O)Nc2ccc(I)cc2C)CC1. The molecule has 108 valence electrons. The first-order valence-corrected chi connectivity index (χ1v) is 7.88. The Bertz CT molecular complexity index is 523. The van der Waals surface area contributed by atoms with Crippen molar-refractivity contribution in [2.24, 2.45) is 5.92 Å². The van der Waals surface area contributed by atoms with E-state index in [1.165, 1.54) is 0 Å². The summed E-state index contributed by atoms with van der Waals surface area (Å²) in [7, 11) is 0. The first-order chi connectivity index (χ1) is 9.47. The maximum absolute atomic E-state index is 12.3. The summed E-state index contributed by atoms with van der Waals surface area (Å²) >= 11 is 2.26. The summed E-state index contributed by atoms with van der Waals surface area (Å²) in [6, 6.07) is 5.98. The second-order valence-electron chi connectivity index (χ2n) is 5.23. The van der Waals surface area contributed by atoms with Crippen molar-refractivity contribution in [3.8, 4) is 0 Å². The normalized spacial score (nSPS) is 16.1. The van der Waals surface area contributed by atoms with Gasteiger partial charge in [0.1, 0.15) is 0 Å². The first kappa shape index (κ1) is 15.3. The van der Waals surface area contributed by atoms with Crippen LogP contribution in [0, 0.1) is 16.4 Å². The van der Waals surface area contributed by atoms with Gasteiger partial charge in [-0.3, -0.25) is 9.59 Å². The number of likely N-dealkylation sites (tertiary alicyclic amines) is 1. The van der Waals surface area contributed by atoms with Crippen LogP contribution in [-0.4, -0.2) is 29.8 Å². The van der Waals surface area contributed by atoms with Crippen molar-refractivity contribution in [1.29, 1.82) is 0 Å². The fourth-order valence-electron chi connectivity index (χ4n) is 2.46. The molecule has 0 bridgehead atoms. The molecule has 0 atom stereocenters. The first-order valence-electron chi connectivity index (χ1n) is 6.80. The lowest BCUT2D eigenvalue weighted by Crippen LogP contribution is -2.40. The van der Waals surface area contributed by atoms with Crippen molar-refractivity contribution in [1.82, 2.24) is 4.90 Å². The van der Waals surface area contributed by atoms with Crippen molar-refractivity contribution in [3.63, 3.8) is 0 Å². The lowest BCUT2D eigenvalue weighted by atomic mass is 9.95. The number of piperidine rings is 1. The predicted octanol–water partition coefficient (Wildman–Crippen LogP) is 2.80. The second-order valence-corrected chi connectivity index (χ2v) is 6.47. The van der Waals surface area contributed by atoms with Gasteiger partial charge in [-0.15, -0.1) is 0 Å². The van der Waals surface area contributed by atoms with Gasteiger partial charge in [0, 0.05) is 35.2 Å². The highest BCUT2D eigenvalue weighted by atomic mass is 127. The van der Waals surface area contributed by atoms with Crippen molar-refractivity contribution in [2.75, 3.05) is 18.4 Å². The summed E-state index contributed by atoms with van der Waals surface area (Å²) in [6.07, 6.45) is 1.49. The Morgan fingerprint density at radius 2 is 1.95 bits per heavy atom. The van der Waals surface area contributed by atoms with Crippen LogP contribution in [0.5, 0.6) is 0 Å². The Hall–Kier alpha value is -1.11. The van der Waals surface area contributed by atoms with Gasteiger partial charge in [0.2, 0.25) is 11.8 Å². The smallest absolute Gasteiger partial charge is 0.227 e. The Labute approximate surface area is 133 Å². The maximum Gasteiger partial charge on any atom is 0.227 e. The molecule has 0 spiro atoms. The lowest BCUT2D eigenvalue weighted by molar-refractivity contribution is -0.132. The number of hydrogen-bond acceptors (Lipinski definition) is 2. The summed E-state index contributed by atoms with van der Waals surface area (Å²) in [4.78, 5) is 25.3. The van der Waals surface area contributed by atoms with E-state index in [0.717, 1.165) is 27.7 Å². The van der Waals surface area contributed by atoms with E-state index in [4.69, 9.17) is 0 Å². The van der Waals surface area contributed by atoms with Crippen molar-refractivity contribution < 1.29 is 9.59 Å². The van der Waals surface area contributed by atoms with E-state index in [9.17, 15) is 9.59 Å². The number of aryl methyl sites for hydroxylation is 1. The molecule has 1 fully saturated rings. The van der Waals surface area contributed by atoms with Gasteiger partial charge in [-0.25, -0.2) is 0 Å². The summed E-state index contributed by atoms with van der Waals surface area (Å²) < 4.78 is 1.16. The molecule has 1 aliphatic rings. The average molecular weight is 386 g/mol. The molecule has 1 heterocycles. The standard InChI is InChI=1S/C15H19IN2O2/c1-10-9-13(16)3-4-14(10)17-15(20)12-5-7-18(8-6-12)11(2)19/h3-4,9,12H,5-8H2,1-2H3,(H,17,20). The van der Waals surface area contributed by atoms with Crippen LogP contribution in [0.4, 0.5) is 5.69 Å². The molecule has 2 amide bonds.